The summed E-state index contributed by atoms with van der Waals surface area (Å²) in [5, 5.41) is 12.7. The highest BCUT2D eigenvalue weighted by molar-refractivity contribution is 7.89. The van der Waals surface area contributed by atoms with Gasteiger partial charge < -0.3 is 14.2 Å². The number of carbonyl (C=O) groups is 1. The van der Waals surface area contributed by atoms with E-state index < -0.39 is 16.0 Å². The average Bonchev–Trinajstić information content (AvgIpc) is 3.02. The lowest BCUT2D eigenvalue weighted by Crippen LogP contribution is -2.22. The van der Waals surface area contributed by atoms with Gasteiger partial charge in [-0.15, -0.1) is 0 Å². The summed E-state index contributed by atoms with van der Waals surface area (Å²) in [6.07, 6.45) is 1.29. The molecule has 0 aliphatic heterocycles. The Morgan fingerprint density at radius 3 is 2.67 bits per heavy atom. The molecule has 0 aromatic carbocycles. The van der Waals surface area contributed by atoms with Gasteiger partial charge in [0, 0.05) is 18.8 Å². The van der Waals surface area contributed by atoms with E-state index in [2.05, 4.69) is 9.88 Å². The Kier molecular flexibility index (Phi) is 4.14. The Morgan fingerprint density at radius 1 is 1.48 bits per heavy atom. The second-order valence-electron chi connectivity index (χ2n) is 4.41. The molecule has 0 aliphatic rings. The predicted octanol–water partition coefficient (Wildman–Crippen LogP) is 0.981. The van der Waals surface area contributed by atoms with E-state index in [1.54, 1.807) is 19.9 Å². The zero-order valence-electron chi connectivity index (χ0n) is 11.5. The fourth-order valence-electron chi connectivity index (χ4n) is 1.82. The van der Waals surface area contributed by atoms with Crippen LogP contribution in [0.5, 0.6) is 0 Å². The van der Waals surface area contributed by atoms with Crippen LogP contribution in [0.4, 0.5) is 0 Å². The molecule has 9 heteroatoms. The van der Waals surface area contributed by atoms with Gasteiger partial charge in [0.05, 0.1) is 12.2 Å². The van der Waals surface area contributed by atoms with Crippen LogP contribution in [0.25, 0.3) is 0 Å². The first-order valence-corrected chi connectivity index (χ1v) is 7.67. The molecule has 0 saturated carbocycles. The number of aromatic nitrogens is 2. The maximum Gasteiger partial charge on any atom is 0.352 e. The van der Waals surface area contributed by atoms with Crippen molar-refractivity contribution in [3.63, 3.8) is 0 Å². The summed E-state index contributed by atoms with van der Waals surface area (Å²) in [5.74, 6) is -0.798. The maximum absolute atomic E-state index is 12.1. The van der Waals surface area contributed by atoms with Gasteiger partial charge in [-0.05, 0) is 19.9 Å². The smallest absolute Gasteiger partial charge is 0.352 e. The standard InChI is InChI=1S/C12H15N3O5S/c1-3-15-7-10(5-11(15)12(16)17)21(18,19)13-6-9-4-8(2)14-20-9/h4-5,7,13H,3,6H2,1-2H3,(H,16,17). The van der Waals surface area contributed by atoms with Gasteiger partial charge in [-0.25, -0.2) is 17.9 Å². The number of aromatic carboxylic acids is 1. The molecule has 0 fully saturated rings. The van der Waals surface area contributed by atoms with E-state index in [0.717, 1.165) is 6.07 Å². The molecule has 114 valence electrons. The number of aryl methyl sites for hydroxylation is 2. The SMILES string of the molecule is CCn1cc(S(=O)(=O)NCc2cc(C)no2)cc1C(=O)O. The summed E-state index contributed by atoms with van der Waals surface area (Å²) in [7, 11) is -3.82. The lowest BCUT2D eigenvalue weighted by atomic mass is 10.4. The third kappa shape index (κ3) is 3.31. The number of hydrogen-bond donors (Lipinski definition) is 2. The van der Waals surface area contributed by atoms with Crippen LogP contribution in [0.3, 0.4) is 0 Å². The van der Waals surface area contributed by atoms with E-state index in [1.165, 1.54) is 10.8 Å². The second kappa shape index (κ2) is 5.70. The second-order valence-corrected chi connectivity index (χ2v) is 6.18. The van der Waals surface area contributed by atoms with E-state index in [4.69, 9.17) is 9.63 Å². The summed E-state index contributed by atoms with van der Waals surface area (Å²) in [5.41, 5.74) is 0.572. The van der Waals surface area contributed by atoms with Gasteiger partial charge in [-0.3, -0.25) is 0 Å². The van der Waals surface area contributed by atoms with Gasteiger partial charge in [0.2, 0.25) is 10.0 Å². The summed E-state index contributed by atoms with van der Waals surface area (Å²) in [4.78, 5) is 10.9. The van der Waals surface area contributed by atoms with Crippen LogP contribution in [-0.2, 0) is 23.1 Å². The van der Waals surface area contributed by atoms with E-state index >= 15 is 0 Å². The van der Waals surface area contributed by atoms with Crippen LogP contribution in [0.1, 0.15) is 28.9 Å². The molecule has 0 spiro atoms. The lowest BCUT2D eigenvalue weighted by Gasteiger charge is -2.02. The van der Waals surface area contributed by atoms with E-state index in [0.29, 0.717) is 18.0 Å². The monoisotopic (exact) mass is 313 g/mol. The van der Waals surface area contributed by atoms with Crippen molar-refractivity contribution in [1.29, 1.82) is 0 Å². The first kappa shape index (κ1) is 15.3. The van der Waals surface area contributed by atoms with Gasteiger partial charge in [0.15, 0.2) is 5.76 Å². The van der Waals surface area contributed by atoms with Gasteiger partial charge in [0.1, 0.15) is 10.6 Å². The summed E-state index contributed by atoms with van der Waals surface area (Å²) >= 11 is 0. The minimum atomic E-state index is -3.82. The highest BCUT2D eigenvalue weighted by atomic mass is 32.2. The zero-order chi connectivity index (χ0) is 15.6. The van der Waals surface area contributed by atoms with Crippen LogP contribution in [-0.4, -0.2) is 29.2 Å². The van der Waals surface area contributed by atoms with Crippen LogP contribution in [0.2, 0.25) is 0 Å². The molecule has 21 heavy (non-hydrogen) atoms. The first-order valence-electron chi connectivity index (χ1n) is 6.19. The topological polar surface area (TPSA) is 114 Å². The number of nitrogens with zero attached hydrogens (tertiary/aromatic N) is 2. The number of nitrogens with one attached hydrogen (secondary N) is 1. The largest absolute Gasteiger partial charge is 0.477 e. The number of hydrogen-bond acceptors (Lipinski definition) is 5. The fraction of sp³-hybridized carbons (Fsp3) is 0.333. The lowest BCUT2D eigenvalue weighted by molar-refractivity contribution is 0.0685. The molecule has 0 atom stereocenters. The van der Waals surface area contributed by atoms with Crippen LogP contribution in [0, 0.1) is 6.92 Å². The number of sulfonamides is 1. The van der Waals surface area contributed by atoms with E-state index in [-0.39, 0.29) is 17.1 Å². The molecule has 0 amide bonds. The molecule has 2 aromatic heterocycles. The fourth-order valence-corrected chi connectivity index (χ4v) is 2.85. The molecule has 2 rings (SSSR count). The Bertz CT molecular complexity index is 760. The molecular weight excluding hydrogens is 298 g/mol. The molecule has 2 aromatic rings. The quantitative estimate of drug-likeness (QED) is 0.821. The number of rotatable bonds is 6. The molecule has 2 N–H and O–H groups in total. The highest BCUT2D eigenvalue weighted by Crippen LogP contribution is 2.15. The normalized spacial score (nSPS) is 11.7. The maximum atomic E-state index is 12.1. The van der Waals surface area contributed by atoms with Gasteiger partial charge >= 0.3 is 5.97 Å². The van der Waals surface area contributed by atoms with Crippen molar-refractivity contribution in [3.8, 4) is 0 Å². The third-order valence-corrected chi connectivity index (χ3v) is 4.22. The minimum absolute atomic E-state index is 0.0527. The molecule has 2 heterocycles. The van der Waals surface area contributed by atoms with Crippen molar-refractivity contribution < 1.29 is 22.8 Å². The molecular formula is C12H15N3O5S. The highest BCUT2D eigenvalue weighted by Gasteiger charge is 2.21. The Labute approximate surface area is 121 Å². The van der Waals surface area contributed by atoms with Gasteiger partial charge in [-0.1, -0.05) is 5.16 Å². The summed E-state index contributed by atoms with van der Waals surface area (Å²) in [6, 6.07) is 2.74. The minimum Gasteiger partial charge on any atom is -0.477 e. The molecule has 0 bridgehead atoms. The van der Waals surface area contributed by atoms with Crippen molar-refractivity contribution in [2.24, 2.45) is 0 Å². The van der Waals surface area contributed by atoms with Crippen molar-refractivity contribution >= 4 is 16.0 Å². The third-order valence-electron chi connectivity index (χ3n) is 2.85. The molecule has 0 unspecified atom stereocenters. The Balaban J connectivity index is 2.21. The van der Waals surface area contributed by atoms with Crippen LogP contribution >= 0.6 is 0 Å². The molecule has 0 saturated heterocycles. The molecule has 8 nitrogen and oxygen atoms in total. The van der Waals surface area contributed by atoms with Gasteiger partial charge in [0.25, 0.3) is 0 Å². The van der Waals surface area contributed by atoms with Crippen molar-refractivity contribution in [2.45, 2.75) is 31.8 Å². The Hall–Kier alpha value is -2.13. The molecule has 0 aliphatic carbocycles. The van der Waals surface area contributed by atoms with Crippen LogP contribution < -0.4 is 4.72 Å². The van der Waals surface area contributed by atoms with Crippen molar-refractivity contribution in [1.82, 2.24) is 14.4 Å². The van der Waals surface area contributed by atoms with E-state index in [9.17, 15) is 13.2 Å². The summed E-state index contributed by atoms with van der Waals surface area (Å²) < 4.78 is 32.9. The first-order chi connectivity index (χ1) is 9.83. The Morgan fingerprint density at radius 2 is 2.19 bits per heavy atom. The predicted molar refractivity (Wildman–Crippen MR) is 72.3 cm³/mol. The van der Waals surface area contributed by atoms with Crippen molar-refractivity contribution in [3.05, 3.63) is 35.5 Å². The number of carboxylic acid groups (broad SMARTS) is 1. The van der Waals surface area contributed by atoms with E-state index in [1.807, 2.05) is 0 Å². The zero-order valence-corrected chi connectivity index (χ0v) is 12.3. The summed E-state index contributed by atoms with van der Waals surface area (Å²) in [6.45, 7) is 3.76. The van der Waals surface area contributed by atoms with Crippen molar-refractivity contribution in [2.75, 3.05) is 0 Å². The van der Waals surface area contributed by atoms with Gasteiger partial charge in [-0.2, -0.15) is 0 Å². The van der Waals surface area contributed by atoms with Crippen LogP contribution in [0.15, 0.2) is 27.7 Å². The number of carboxylic acids is 1. The average molecular weight is 313 g/mol. The molecule has 0 radical (unpaired) electrons.